The van der Waals surface area contributed by atoms with Gasteiger partial charge in [-0.3, -0.25) is 0 Å². The third-order valence-corrected chi connectivity index (χ3v) is 3.96. The Balaban J connectivity index is 2.51. The van der Waals surface area contributed by atoms with Crippen LogP contribution in [0.4, 0.5) is 0 Å². The zero-order valence-electron chi connectivity index (χ0n) is 12.4. The molecule has 0 radical (unpaired) electrons. The van der Waals surface area contributed by atoms with E-state index in [0.29, 0.717) is 6.61 Å². The van der Waals surface area contributed by atoms with Gasteiger partial charge >= 0.3 is 0 Å². The number of alkyl halides is 3. The van der Waals surface area contributed by atoms with Crippen LogP contribution in [-0.4, -0.2) is 17.5 Å². The minimum atomic E-state index is -1.50. The summed E-state index contributed by atoms with van der Waals surface area (Å²) in [6.45, 7) is 2.47. The van der Waals surface area contributed by atoms with E-state index in [1.165, 1.54) is 0 Å². The molecule has 22 heavy (non-hydrogen) atoms. The molecule has 1 atom stereocenters. The van der Waals surface area contributed by atoms with Gasteiger partial charge in [0.2, 0.25) is 3.79 Å². The molecule has 0 saturated carbocycles. The van der Waals surface area contributed by atoms with Crippen molar-refractivity contribution in [1.29, 1.82) is 0 Å². The van der Waals surface area contributed by atoms with E-state index in [1.807, 2.05) is 55.5 Å². The fraction of sp³-hybridized carbons (Fsp3) is 0.294. The molecule has 0 aliphatic heterocycles. The van der Waals surface area contributed by atoms with Gasteiger partial charge in [-0.2, -0.15) is 0 Å². The van der Waals surface area contributed by atoms with Crippen molar-refractivity contribution < 1.29 is 9.47 Å². The van der Waals surface area contributed by atoms with Crippen molar-refractivity contribution in [3.8, 4) is 11.5 Å². The zero-order chi connectivity index (χ0) is 16.2. The Morgan fingerprint density at radius 3 is 2.18 bits per heavy atom. The molecule has 2 aromatic carbocycles. The lowest BCUT2D eigenvalue weighted by Gasteiger charge is -2.27. The Morgan fingerprint density at radius 1 is 1.00 bits per heavy atom. The Morgan fingerprint density at radius 2 is 1.64 bits per heavy atom. The van der Waals surface area contributed by atoms with Crippen molar-refractivity contribution in [1.82, 2.24) is 0 Å². The SMILES string of the molecule is CCOc1ccccc1[C@H](c1ccc(OC)cc1)C(Cl)(Cl)Cl. The molecule has 2 rings (SSSR count). The molecule has 0 bridgehead atoms. The van der Waals surface area contributed by atoms with E-state index >= 15 is 0 Å². The van der Waals surface area contributed by atoms with E-state index in [9.17, 15) is 0 Å². The summed E-state index contributed by atoms with van der Waals surface area (Å²) in [4.78, 5) is 0. The van der Waals surface area contributed by atoms with Crippen LogP contribution >= 0.6 is 34.8 Å². The molecule has 0 aromatic heterocycles. The van der Waals surface area contributed by atoms with Gasteiger partial charge in [0, 0.05) is 5.56 Å². The fourth-order valence-corrected chi connectivity index (χ4v) is 3.08. The van der Waals surface area contributed by atoms with Gasteiger partial charge in [0.05, 0.1) is 19.6 Å². The average molecular weight is 360 g/mol. The normalized spacial score (nSPS) is 12.8. The van der Waals surface area contributed by atoms with Crippen LogP contribution in [0.2, 0.25) is 0 Å². The maximum Gasteiger partial charge on any atom is 0.201 e. The van der Waals surface area contributed by atoms with E-state index in [-0.39, 0.29) is 0 Å². The molecule has 5 heteroatoms. The molecular weight excluding hydrogens is 343 g/mol. The van der Waals surface area contributed by atoms with Crippen molar-refractivity contribution in [2.75, 3.05) is 13.7 Å². The molecule has 0 aliphatic carbocycles. The van der Waals surface area contributed by atoms with Crippen LogP contribution in [0.25, 0.3) is 0 Å². The second-order valence-electron chi connectivity index (χ2n) is 4.72. The summed E-state index contributed by atoms with van der Waals surface area (Å²) in [5.41, 5.74) is 1.72. The third kappa shape index (κ3) is 4.01. The molecule has 0 spiro atoms. The smallest absolute Gasteiger partial charge is 0.201 e. The maximum atomic E-state index is 6.26. The highest BCUT2D eigenvalue weighted by molar-refractivity contribution is 6.68. The predicted octanol–water partition coefficient (Wildman–Crippen LogP) is 5.60. The minimum absolute atomic E-state index is 0.439. The van der Waals surface area contributed by atoms with Gasteiger partial charge in [0.25, 0.3) is 0 Å². The highest BCUT2D eigenvalue weighted by atomic mass is 35.6. The van der Waals surface area contributed by atoms with E-state index in [4.69, 9.17) is 44.3 Å². The summed E-state index contributed by atoms with van der Waals surface area (Å²) in [5.74, 6) is 1.04. The summed E-state index contributed by atoms with van der Waals surface area (Å²) >= 11 is 18.8. The largest absolute Gasteiger partial charge is 0.497 e. The number of hydrogen-bond donors (Lipinski definition) is 0. The highest BCUT2D eigenvalue weighted by Gasteiger charge is 2.37. The van der Waals surface area contributed by atoms with Crippen LogP contribution in [0.15, 0.2) is 48.5 Å². The fourth-order valence-electron chi connectivity index (χ4n) is 2.35. The van der Waals surface area contributed by atoms with Crippen molar-refractivity contribution in [2.24, 2.45) is 0 Å². The molecule has 0 heterocycles. The van der Waals surface area contributed by atoms with E-state index in [0.717, 1.165) is 22.6 Å². The van der Waals surface area contributed by atoms with E-state index in [2.05, 4.69) is 0 Å². The van der Waals surface area contributed by atoms with Crippen LogP contribution in [0.1, 0.15) is 24.0 Å². The molecular formula is C17H17Cl3O2. The molecule has 118 valence electrons. The first kappa shape index (κ1) is 17.3. The van der Waals surface area contributed by atoms with Gasteiger partial charge in [-0.15, -0.1) is 0 Å². The average Bonchev–Trinajstić information content (AvgIpc) is 2.49. The van der Waals surface area contributed by atoms with Gasteiger partial charge in [-0.05, 0) is 30.7 Å². The molecule has 0 N–H and O–H groups in total. The van der Waals surface area contributed by atoms with Crippen LogP contribution in [0.5, 0.6) is 11.5 Å². The second kappa shape index (κ2) is 7.45. The van der Waals surface area contributed by atoms with E-state index in [1.54, 1.807) is 7.11 Å². The van der Waals surface area contributed by atoms with Crippen molar-refractivity contribution in [3.05, 3.63) is 59.7 Å². The van der Waals surface area contributed by atoms with Gasteiger partial charge < -0.3 is 9.47 Å². The molecule has 0 unspecified atom stereocenters. The molecule has 0 aliphatic rings. The quantitative estimate of drug-likeness (QED) is 0.647. The Kier molecular flexibility index (Phi) is 5.85. The lowest BCUT2D eigenvalue weighted by Crippen LogP contribution is -2.19. The van der Waals surface area contributed by atoms with Crippen LogP contribution in [-0.2, 0) is 0 Å². The lowest BCUT2D eigenvalue weighted by atomic mass is 9.91. The number of halogens is 3. The van der Waals surface area contributed by atoms with Gasteiger partial charge in [0.1, 0.15) is 11.5 Å². The monoisotopic (exact) mass is 358 g/mol. The Bertz CT molecular complexity index is 606. The predicted molar refractivity (Wildman–Crippen MR) is 92.7 cm³/mol. The van der Waals surface area contributed by atoms with Crippen molar-refractivity contribution >= 4 is 34.8 Å². The number of ether oxygens (including phenoxy) is 2. The number of benzene rings is 2. The number of rotatable bonds is 5. The van der Waals surface area contributed by atoms with Crippen LogP contribution in [0, 0.1) is 0 Å². The summed E-state index contributed by atoms with van der Waals surface area (Å²) in [6, 6.07) is 15.1. The first-order valence-electron chi connectivity index (χ1n) is 6.89. The topological polar surface area (TPSA) is 18.5 Å². The van der Waals surface area contributed by atoms with E-state index < -0.39 is 9.71 Å². The lowest BCUT2D eigenvalue weighted by molar-refractivity contribution is 0.335. The van der Waals surface area contributed by atoms with Crippen LogP contribution < -0.4 is 9.47 Å². The van der Waals surface area contributed by atoms with Gasteiger partial charge in [-0.1, -0.05) is 65.1 Å². The minimum Gasteiger partial charge on any atom is -0.497 e. The van der Waals surface area contributed by atoms with Gasteiger partial charge in [-0.25, -0.2) is 0 Å². The zero-order valence-corrected chi connectivity index (χ0v) is 14.6. The van der Waals surface area contributed by atoms with Crippen molar-refractivity contribution in [2.45, 2.75) is 16.6 Å². The second-order valence-corrected chi connectivity index (χ2v) is 7.09. The molecule has 0 amide bonds. The number of para-hydroxylation sites is 1. The first-order chi connectivity index (χ1) is 10.5. The summed E-state index contributed by atoms with van der Waals surface area (Å²) < 4.78 is 9.36. The molecule has 0 saturated heterocycles. The standard InChI is InChI=1S/C17H17Cl3O2/c1-3-22-15-7-5-4-6-14(15)16(17(18,19)20)12-8-10-13(21-2)11-9-12/h4-11,16H,3H2,1-2H3/t16-/m0/s1. The Labute approximate surface area is 145 Å². The maximum absolute atomic E-state index is 6.26. The molecule has 2 nitrogen and oxygen atoms in total. The molecule has 2 aromatic rings. The highest BCUT2D eigenvalue weighted by Crippen LogP contribution is 2.48. The number of methoxy groups -OCH3 is 1. The Hall–Kier alpha value is -1.09. The first-order valence-corrected chi connectivity index (χ1v) is 8.03. The summed E-state index contributed by atoms with van der Waals surface area (Å²) in [5, 5.41) is 0. The number of hydrogen-bond acceptors (Lipinski definition) is 2. The van der Waals surface area contributed by atoms with Gasteiger partial charge in [0.15, 0.2) is 0 Å². The van der Waals surface area contributed by atoms with Crippen molar-refractivity contribution in [3.63, 3.8) is 0 Å². The molecule has 0 fully saturated rings. The third-order valence-electron chi connectivity index (χ3n) is 3.31. The van der Waals surface area contributed by atoms with Crippen LogP contribution in [0.3, 0.4) is 0 Å². The summed E-state index contributed by atoms with van der Waals surface area (Å²) in [7, 11) is 1.62. The summed E-state index contributed by atoms with van der Waals surface area (Å²) in [6.07, 6.45) is 0.